The van der Waals surface area contributed by atoms with E-state index >= 15 is 0 Å². The summed E-state index contributed by atoms with van der Waals surface area (Å²) in [7, 11) is 0. The van der Waals surface area contributed by atoms with Crippen LogP contribution in [0.4, 0.5) is 0 Å². The van der Waals surface area contributed by atoms with Crippen LogP contribution in [0.5, 0.6) is 11.5 Å². The first kappa shape index (κ1) is 18.7. The molecule has 0 radical (unpaired) electrons. The van der Waals surface area contributed by atoms with Gasteiger partial charge in [-0.1, -0.05) is 35.3 Å². The molecule has 2 heterocycles. The number of benzene rings is 2. The molecule has 0 fully saturated rings. The lowest BCUT2D eigenvalue weighted by atomic mass is 10.1. The largest absolute Gasteiger partial charge is 0.452 e. The molecule has 3 aromatic rings. The third-order valence-corrected chi connectivity index (χ3v) is 5.62. The predicted molar refractivity (Wildman–Crippen MR) is 110 cm³/mol. The molecule has 140 valence electrons. The van der Waals surface area contributed by atoms with Crippen molar-refractivity contribution in [1.29, 1.82) is 0 Å². The number of halogens is 2. The minimum absolute atomic E-state index is 0.143. The van der Waals surface area contributed by atoms with Crippen LogP contribution >= 0.6 is 34.5 Å². The van der Waals surface area contributed by atoms with Crippen molar-refractivity contribution in [3.05, 3.63) is 85.2 Å². The van der Waals surface area contributed by atoms with E-state index in [2.05, 4.69) is 0 Å². The summed E-state index contributed by atoms with van der Waals surface area (Å²) >= 11 is 13.4. The van der Waals surface area contributed by atoms with Crippen LogP contribution in [0, 0.1) is 6.92 Å². The second-order valence-corrected chi connectivity index (χ2v) is 7.83. The Morgan fingerprint density at radius 2 is 2.00 bits per heavy atom. The number of thiophene rings is 1. The van der Waals surface area contributed by atoms with E-state index in [4.69, 9.17) is 32.7 Å². The van der Waals surface area contributed by atoms with Crippen molar-refractivity contribution >= 4 is 52.4 Å². The second kappa shape index (κ2) is 7.43. The average Bonchev–Trinajstić information content (AvgIpc) is 3.30. The molecular formula is C21H12Cl2O4S. The lowest BCUT2D eigenvalue weighted by Gasteiger charge is -2.09. The van der Waals surface area contributed by atoms with Gasteiger partial charge in [0, 0.05) is 15.6 Å². The van der Waals surface area contributed by atoms with Gasteiger partial charge in [-0.25, -0.2) is 4.79 Å². The van der Waals surface area contributed by atoms with Crippen LogP contribution in [0.2, 0.25) is 10.0 Å². The number of carbonyl (C=O) groups excluding carboxylic acids is 2. The summed E-state index contributed by atoms with van der Waals surface area (Å²) in [6.45, 7) is 1.74. The summed E-state index contributed by atoms with van der Waals surface area (Å²) in [5.41, 5.74) is 1.59. The van der Waals surface area contributed by atoms with E-state index in [1.54, 1.807) is 60.8 Å². The van der Waals surface area contributed by atoms with E-state index in [1.807, 2.05) is 0 Å². The van der Waals surface area contributed by atoms with Gasteiger partial charge < -0.3 is 9.47 Å². The lowest BCUT2D eigenvalue weighted by Crippen LogP contribution is -2.07. The molecule has 1 aliphatic heterocycles. The number of hydrogen-bond acceptors (Lipinski definition) is 5. The van der Waals surface area contributed by atoms with Gasteiger partial charge in [-0.3, -0.25) is 4.79 Å². The van der Waals surface area contributed by atoms with Crippen molar-refractivity contribution in [2.75, 3.05) is 0 Å². The van der Waals surface area contributed by atoms with Crippen molar-refractivity contribution in [3.8, 4) is 11.5 Å². The highest BCUT2D eigenvalue weighted by Gasteiger charge is 2.30. The molecule has 0 spiro atoms. The van der Waals surface area contributed by atoms with Gasteiger partial charge in [-0.05, 0) is 54.3 Å². The van der Waals surface area contributed by atoms with Crippen LogP contribution < -0.4 is 9.47 Å². The van der Waals surface area contributed by atoms with Crippen molar-refractivity contribution in [2.24, 2.45) is 0 Å². The zero-order valence-electron chi connectivity index (χ0n) is 14.5. The Hall–Kier alpha value is -2.60. The molecule has 28 heavy (non-hydrogen) atoms. The highest BCUT2D eigenvalue weighted by molar-refractivity contribution is 7.12. The Labute approximate surface area is 174 Å². The number of Topliss-reactive ketones (excluding diaryl/α,β-unsaturated/α-hetero) is 1. The van der Waals surface area contributed by atoms with Crippen LogP contribution in [0.1, 0.15) is 31.2 Å². The highest BCUT2D eigenvalue weighted by Crippen LogP contribution is 2.40. The van der Waals surface area contributed by atoms with E-state index < -0.39 is 5.97 Å². The molecule has 1 aliphatic rings. The Morgan fingerprint density at radius 1 is 1.18 bits per heavy atom. The summed E-state index contributed by atoms with van der Waals surface area (Å²) < 4.78 is 11.2. The molecular weight excluding hydrogens is 419 g/mol. The third-order valence-electron chi connectivity index (χ3n) is 4.21. The number of hydrogen-bond donors (Lipinski definition) is 0. The van der Waals surface area contributed by atoms with E-state index in [1.165, 1.54) is 11.3 Å². The number of esters is 1. The molecule has 0 bridgehead atoms. The van der Waals surface area contributed by atoms with Crippen molar-refractivity contribution in [3.63, 3.8) is 0 Å². The maximum absolute atomic E-state index is 12.7. The first-order valence-corrected chi connectivity index (χ1v) is 9.86. The second-order valence-electron chi connectivity index (χ2n) is 6.04. The number of ketones is 1. The minimum atomic E-state index is -0.453. The average molecular weight is 431 g/mol. The molecule has 7 heteroatoms. The quantitative estimate of drug-likeness (QED) is 0.282. The fourth-order valence-corrected chi connectivity index (χ4v) is 3.85. The third kappa shape index (κ3) is 3.44. The molecule has 0 saturated heterocycles. The topological polar surface area (TPSA) is 52.6 Å². The molecule has 0 amide bonds. The smallest absolute Gasteiger partial charge is 0.353 e. The normalized spacial score (nSPS) is 14.1. The molecule has 0 N–H and O–H groups in total. The molecule has 0 unspecified atom stereocenters. The number of rotatable bonds is 3. The first-order chi connectivity index (χ1) is 13.4. The van der Waals surface area contributed by atoms with Crippen molar-refractivity contribution in [2.45, 2.75) is 6.92 Å². The maximum Gasteiger partial charge on any atom is 0.353 e. The highest BCUT2D eigenvalue weighted by atomic mass is 35.5. The van der Waals surface area contributed by atoms with Crippen LogP contribution in [0.15, 0.2) is 53.6 Å². The monoisotopic (exact) mass is 430 g/mol. The van der Waals surface area contributed by atoms with Gasteiger partial charge in [0.1, 0.15) is 16.4 Å². The first-order valence-electron chi connectivity index (χ1n) is 8.22. The zero-order valence-corrected chi connectivity index (χ0v) is 16.8. The van der Waals surface area contributed by atoms with E-state index in [9.17, 15) is 9.59 Å². The van der Waals surface area contributed by atoms with Crippen LogP contribution in [-0.4, -0.2) is 11.8 Å². The predicted octanol–water partition coefficient (Wildman–Crippen LogP) is 6.20. The van der Waals surface area contributed by atoms with Crippen molar-refractivity contribution in [1.82, 2.24) is 0 Å². The van der Waals surface area contributed by atoms with Crippen LogP contribution in [0.3, 0.4) is 0 Å². The standard InChI is InChI=1S/C21H12Cl2O4S/c1-11-16(27-21(25)18-3-2-8-28-18)7-6-14-19(24)17(26-20(11)14)9-12-4-5-13(22)10-15(12)23/h2-10H,1H3/b17-9-. The van der Waals surface area contributed by atoms with Gasteiger partial charge in [0.15, 0.2) is 5.76 Å². The number of fused-ring (bicyclic) bond motifs is 1. The summed E-state index contributed by atoms with van der Waals surface area (Å²) in [5, 5.41) is 2.71. The Morgan fingerprint density at radius 3 is 2.71 bits per heavy atom. The Balaban J connectivity index is 1.64. The van der Waals surface area contributed by atoms with Crippen molar-refractivity contribution < 1.29 is 19.1 Å². The van der Waals surface area contributed by atoms with Gasteiger partial charge in [-0.2, -0.15) is 0 Å². The fourth-order valence-electron chi connectivity index (χ4n) is 2.78. The molecule has 1 aromatic heterocycles. The summed E-state index contributed by atoms with van der Waals surface area (Å²) in [5.74, 6) is 0.143. The maximum atomic E-state index is 12.7. The van der Waals surface area contributed by atoms with Gasteiger partial charge in [-0.15, -0.1) is 11.3 Å². The minimum Gasteiger partial charge on any atom is -0.452 e. The zero-order chi connectivity index (χ0) is 19.8. The van der Waals surface area contributed by atoms with Crippen LogP contribution in [-0.2, 0) is 0 Å². The molecule has 0 atom stereocenters. The Bertz CT molecular complexity index is 1130. The number of allylic oxidation sites excluding steroid dienone is 1. The van der Waals surface area contributed by atoms with Crippen LogP contribution in [0.25, 0.3) is 6.08 Å². The van der Waals surface area contributed by atoms with Gasteiger partial charge in [0.2, 0.25) is 5.78 Å². The molecule has 4 nitrogen and oxygen atoms in total. The van der Waals surface area contributed by atoms with Gasteiger partial charge in [0.05, 0.1) is 5.56 Å². The van der Waals surface area contributed by atoms with E-state index in [0.717, 1.165) is 0 Å². The number of carbonyl (C=O) groups is 2. The molecule has 4 rings (SSSR count). The Kier molecular flexibility index (Phi) is 4.98. The summed E-state index contributed by atoms with van der Waals surface area (Å²) in [6.07, 6.45) is 1.57. The van der Waals surface area contributed by atoms with E-state index in [0.29, 0.717) is 43.1 Å². The summed E-state index contributed by atoms with van der Waals surface area (Å²) in [6, 6.07) is 11.6. The summed E-state index contributed by atoms with van der Waals surface area (Å²) in [4.78, 5) is 25.4. The molecule has 0 saturated carbocycles. The lowest BCUT2D eigenvalue weighted by molar-refractivity contribution is 0.0738. The molecule has 0 aliphatic carbocycles. The SMILES string of the molecule is Cc1c(OC(=O)c2cccs2)ccc2c1O/C(=C\c1ccc(Cl)cc1Cl)C2=O. The van der Waals surface area contributed by atoms with E-state index in [-0.39, 0.29) is 11.5 Å². The number of ether oxygens (including phenoxy) is 2. The molecule has 2 aromatic carbocycles. The van der Waals surface area contributed by atoms with Gasteiger partial charge >= 0.3 is 5.97 Å². The van der Waals surface area contributed by atoms with Gasteiger partial charge in [0.25, 0.3) is 0 Å². The fraction of sp³-hybridized carbons (Fsp3) is 0.0476.